The van der Waals surface area contributed by atoms with Gasteiger partial charge in [-0.1, -0.05) is 30.3 Å². The van der Waals surface area contributed by atoms with E-state index in [4.69, 9.17) is 5.73 Å². The van der Waals surface area contributed by atoms with Crippen molar-refractivity contribution < 1.29 is 18.0 Å². The highest BCUT2D eigenvalue weighted by Crippen LogP contribution is 2.28. The number of nitrogens with one attached hydrogen (secondary N) is 1. The fourth-order valence-electron chi connectivity index (χ4n) is 1.95. The molecule has 0 heterocycles. The lowest BCUT2D eigenvalue weighted by Crippen LogP contribution is -2.29. The molecule has 6 nitrogen and oxygen atoms in total. The first-order valence-corrected chi connectivity index (χ1v) is 8.18. The van der Waals surface area contributed by atoms with Crippen LogP contribution in [0.5, 0.6) is 0 Å². The Morgan fingerprint density at radius 2 is 1.59 bits per heavy atom. The highest BCUT2D eigenvalue weighted by Gasteiger charge is 2.14. The van der Waals surface area contributed by atoms with Crippen LogP contribution in [-0.4, -0.2) is 26.5 Å². The van der Waals surface area contributed by atoms with Gasteiger partial charge in [0.05, 0.1) is 4.90 Å². The second-order valence-corrected chi connectivity index (χ2v) is 6.65. The summed E-state index contributed by atoms with van der Waals surface area (Å²) in [5, 5.41) is 2.33. The molecule has 0 aliphatic heterocycles. The minimum absolute atomic E-state index is 0.226. The van der Waals surface area contributed by atoms with E-state index in [-0.39, 0.29) is 4.90 Å². The van der Waals surface area contributed by atoms with Crippen LogP contribution in [0.1, 0.15) is 0 Å². The maximum Gasteiger partial charge on any atom is 0.313 e. The number of rotatable bonds is 3. The number of amides is 2. The number of nitrogens with two attached hydrogens (primary N) is 1. The first-order chi connectivity index (χ1) is 10.3. The lowest BCUT2D eigenvalue weighted by atomic mass is 10.1. The van der Waals surface area contributed by atoms with Gasteiger partial charge in [0.1, 0.15) is 0 Å². The van der Waals surface area contributed by atoms with Gasteiger partial charge in [0, 0.05) is 17.5 Å². The van der Waals surface area contributed by atoms with Crippen LogP contribution in [0.3, 0.4) is 0 Å². The molecule has 0 atom stereocenters. The number of carbonyl (C=O) groups excluding carboxylic acids is 2. The van der Waals surface area contributed by atoms with Gasteiger partial charge in [-0.05, 0) is 23.8 Å². The van der Waals surface area contributed by atoms with E-state index in [1.165, 1.54) is 6.07 Å². The van der Waals surface area contributed by atoms with Gasteiger partial charge in [-0.25, -0.2) is 8.42 Å². The van der Waals surface area contributed by atoms with Crippen LogP contribution in [0.25, 0.3) is 11.1 Å². The van der Waals surface area contributed by atoms with Crippen molar-refractivity contribution in [3.05, 3.63) is 48.5 Å². The zero-order valence-electron chi connectivity index (χ0n) is 11.7. The second-order valence-electron chi connectivity index (χ2n) is 4.66. The van der Waals surface area contributed by atoms with Gasteiger partial charge in [0.25, 0.3) is 0 Å². The number of hydrogen-bond donors (Lipinski definition) is 2. The van der Waals surface area contributed by atoms with E-state index in [0.29, 0.717) is 16.8 Å². The predicted molar refractivity (Wildman–Crippen MR) is 82.8 cm³/mol. The topological polar surface area (TPSA) is 106 Å². The van der Waals surface area contributed by atoms with Crippen molar-refractivity contribution in [3.63, 3.8) is 0 Å². The zero-order valence-corrected chi connectivity index (χ0v) is 12.6. The monoisotopic (exact) mass is 318 g/mol. The summed E-state index contributed by atoms with van der Waals surface area (Å²) < 4.78 is 23.6. The molecular weight excluding hydrogens is 304 g/mol. The van der Waals surface area contributed by atoms with Crippen molar-refractivity contribution in [2.45, 2.75) is 4.90 Å². The van der Waals surface area contributed by atoms with Crippen LogP contribution >= 0.6 is 0 Å². The molecule has 7 heteroatoms. The Kier molecular flexibility index (Phi) is 4.27. The molecule has 0 saturated carbocycles. The molecule has 0 spiro atoms. The summed E-state index contributed by atoms with van der Waals surface area (Å²) >= 11 is 0. The maximum absolute atomic E-state index is 11.8. The maximum atomic E-state index is 11.8. The Bertz CT molecular complexity index is 827. The van der Waals surface area contributed by atoms with Crippen molar-refractivity contribution in [1.82, 2.24) is 0 Å². The minimum atomic E-state index is -3.35. The molecular formula is C15H14N2O4S. The quantitative estimate of drug-likeness (QED) is 0.829. The summed E-state index contributed by atoms with van der Waals surface area (Å²) in [6, 6.07) is 13.1. The molecule has 2 aromatic rings. The molecule has 0 bridgehead atoms. The van der Waals surface area contributed by atoms with Gasteiger partial charge in [0.15, 0.2) is 9.84 Å². The van der Waals surface area contributed by atoms with Crippen LogP contribution in [0.2, 0.25) is 0 Å². The van der Waals surface area contributed by atoms with Gasteiger partial charge >= 0.3 is 11.8 Å². The highest BCUT2D eigenvalue weighted by molar-refractivity contribution is 7.90. The summed E-state index contributed by atoms with van der Waals surface area (Å²) in [5.74, 6) is -1.99. The third kappa shape index (κ3) is 3.50. The van der Waals surface area contributed by atoms with E-state index < -0.39 is 21.7 Å². The van der Waals surface area contributed by atoms with Crippen molar-refractivity contribution in [3.8, 4) is 11.1 Å². The Morgan fingerprint density at radius 1 is 1.00 bits per heavy atom. The van der Waals surface area contributed by atoms with Crippen molar-refractivity contribution >= 4 is 27.3 Å². The Labute approximate surface area is 127 Å². The van der Waals surface area contributed by atoms with E-state index in [9.17, 15) is 18.0 Å². The molecule has 0 saturated heterocycles. The van der Waals surface area contributed by atoms with Crippen LogP contribution in [0.15, 0.2) is 53.4 Å². The fourth-order valence-corrected chi connectivity index (χ4v) is 2.87. The van der Waals surface area contributed by atoms with Crippen LogP contribution in [0.4, 0.5) is 5.69 Å². The van der Waals surface area contributed by atoms with E-state index in [0.717, 1.165) is 6.26 Å². The summed E-state index contributed by atoms with van der Waals surface area (Å²) in [4.78, 5) is 22.1. The normalized spacial score (nSPS) is 11.0. The molecule has 0 aromatic heterocycles. The number of sulfone groups is 1. The molecule has 2 rings (SSSR count). The number of anilines is 1. The van der Waals surface area contributed by atoms with Crippen molar-refractivity contribution in [1.29, 1.82) is 0 Å². The molecule has 2 amide bonds. The van der Waals surface area contributed by atoms with Gasteiger partial charge in [-0.3, -0.25) is 9.59 Å². The fraction of sp³-hybridized carbons (Fsp3) is 0.0667. The van der Waals surface area contributed by atoms with Crippen LogP contribution < -0.4 is 11.1 Å². The summed E-state index contributed by atoms with van der Waals surface area (Å²) in [6.07, 6.45) is 1.15. The molecule has 0 aliphatic rings. The zero-order chi connectivity index (χ0) is 16.3. The molecule has 0 aliphatic carbocycles. The van der Waals surface area contributed by atoms with E-state index in [1.807, 2.05) is 0 Å². The third-order valence-electron chi connectivity index (χ3n) is 2.96. The summed E-state index contributed by atoms with van der Waals surface area (Å²) in [6.45, 7) is 0. The van der Waals surface area contributed by atoms with Gasteiger partial charge < -0.3 is 11.1 Å². The number of benzene rings is 2. The largest absolute Gasteiger partial charge is 0.361 e. The molecule has 3 N–H and O–H groups in total. The Morgan fingerprint density at radius 3 is 2.14 bits per heavy atom. The molecule has 22 heavy (non-hydrogen) atoms. The lowest BCUT2D eigenvalue weighted by Gasteiger charge is -2.09. The van der Waals surface area contributed by atoms with Gasteiger partial charge in [-0.15, -0.1) is 0 Å². The summed E-state index contributed by atoms with van der Waals surface area (Å²) in [7, 11) is -3.35. The lowest BCUT2D eigenvalue weighted by molar-refractivity contribution is -0.134. The van der Waals surface area contributed by atoms with Gasteiger partial charge in [-0.2, -0.15) is 0 Å². The van der Waals surface area contributed by atoms with Crippen molar-refractivity contribution in [2.75, 3.05) is 11.6 Å². The van der Waals surface area contributed by atoms with E-state index in [2.05, 4.69) is 5.32 Å². The number of hydrogen-bond acceptors (Lipinski definition) is 4. The standard InChI is InChI=1S/C15H14N2O4S/c1-22(20,21)13-5-3-2-4-12(13)10-6-8-11(9-7-10)17-15(19)14(16)18/h2-9H,1H3,(H2,16,18)(H,17,19). The molecule has 2 aromatic carbocycles. The highest BCUT2D eigenvalue weighted by atomic mass is 32.2. The van der Waals surface area contributed by atoms with E-state index in [1.54, 1.807) is 42.5 Å². The van der Waals surface area contributed by atoms with Crippen LogP contribution in [0, 0.1) is 0 Å². The minimum Gasteiger partial charge on any atom is -0.361 e. The smallest absolute Gasteiger partial charge is 0.313 e. The third-order valence-corrected chi connectivity index (χ3v) is 4.12. The Balaban J connectivity index is 2.36. The average molecular weight is 318 g/mol. The number of carbonyl (C=O) groups is 2. The SMILES string of the molecule is CS(=O)(=O)c1ccccc1-c1ccc(NC(=O)C(N)=O)cc1. The number of primary amides is 1. The first kappa shape index (κ1) is 15.7. The predicted octanol–water partition coefficient (Wildman–Crippen LogP) is 1.18. The van der Waals surface area contributed by atoms with Crippen LogP contribution in [-0.2, 0) is 19.4 Å². The average Bonchev–Trinajstić information content (AvgIpc) is 2.47. The van der Waals surface area contributed by atoms with E-state index >= 15 is 0 Å². The Hall–Kier alpha value is -2.67. The summed E-state index contributed by atoms with van der Waals surface area (Å²) in [5.41, 5.74) is 6.49. The molecule has 0 unspecified atom stereocenters. The molecule has 0 radical (unpaired) electrons. The molecule has 114 valence electrons. The molecule has 0 fully saturated rings. The van der Waals surface area contributed by atoms with Gasteiger partial charge in [0.2, 0.25) is 0 Å². The second kappa shape index (κ2) is 5.98. The first-order valence-electron chi connectivity index (χ1n) is 6.29. The van der Waals surface area contributed by atoms with Crippen molar-refractivity contribution in [2.24, 2.45) is 5.73 Å².